The molecule has 0 amide bonds. The Morgan fingerprint density at radius 1 is 1.11 bits per heavy atom. The van der Waals surface area contributed by atoms with Gasteiger partial charge in [0, 0.05) is 28.4 Å². The van der Waals surface area contributed by atoms with Crippen molar-refractivity contribution in [1.82, 2.24) is 4.57 Å². The van der Waals surface area contributed by atoms with Crippen LogP contribution < -0.4 is 0 Å². The number of para-hydroxylation sites is 2. The third-order valence-corrected chi connectivity index (χ3v) is 7.21. The second-order valence-corrected chi connectivity index (χ2v) is 9.43. The van der Waals surface area contributed by atoms with Gasteiger partial charge in [0.15, 0.2) is 5.78 Å². The first-order valence-electron chi connectivity index (χ1n) is 9.29. The molecule has 0 radical (unpaired) electrons. The maximum atomic E-state index is 13.2. The first-order chi connectivity index (χ1) is 13.5. The lowest BCUT2D eigenvalue weighted by molar-refractivity contribution is 0.0993. The number of fused-ring (bicyclic) bond motifs is 1. The van der Waals surface area contributed by atoms with E-state index in [1.54, 1.807) is 23.5 Å². The molecule has 0 saturated heterocycles. The Labute approximate surface area is 174 Å². The van der Waals surface area contributed by atoms with Crippen LogP contribution in [0, 0.1) is 13.8 Å². The number of aromatic nitrogens is 1. The van der Waals surface area contributed by atoms with Crippen LogP contribution in [0.3, 0.4) is 0 Å². The van der Waals surface area contributed by atoms with Crippen molar-refractivity contribution in [2.45, 2.75) is 31.8 Å². The fourth-order valence-corrected chi connectivity index (χ4v) is 5.74. The topological polar surface area (TPSA) is 34.4 Å². The summed E-state index contributed by atoms with van der Waals surface area (Å²) in [5.41, 5.74) is 6.21. The van der Waals surface area contributed by atoms with E-state index in [1.807, 2.05) is 63.2 Å². The molecule has 0 spiro atoms. The lowest BCUT2D eigenvalue weighted by atomic mass is 10.1. The predicted molar refractivity (Wildman–Crippen MR) is 121 cm³/mol. The van der Waals surface area contributed by atoms with Crippen molar-refractivity contribution in [3.05, 3.63) is 83.2 Å². The molecule has 1 aliphatic heterocycles. The average molecular weight is 407 g/mol. The van der Waals surface area contributed by atoms with E-state index in [0.29, 0.717) is 0 Å². The lowest BCUT2D eigenvalue weighted by Gasteiger charge is -2.17. The zero-order chi connectivity index (χ0) is 19.7. The van der Waals surface area contributed by atoms with Gasteiger partial charge in [0.05, 0.1) is 10.9 Å². The molecule has 0 N–H and O–H groups in total. The van der Waals surface area contributed by atoms with Gasteiger partial charge < -0.3 is 4.57 Å². The summed E-state index contributed by atoms with van der Waals surface area (Å²) in [4.78, 5) is 17.9. The van der Waals surface area contributed by atoms with Crippen molar-refractivity contribution in [3.8, 4) is 5.69 Å². The van der Waals surface area contributed by atoms with Crippen LogP contribution in [0.1, 0.15) is 34.2 Å². The standard InChI is InChI=1S/C23H22N2OS2/c1-15-13-20(16(2)25(15)19-10-5-4-6-11-19)22(26)17(3)28-23-24-21-12-8-7-9-18(21)14-27-23/h4-13,17H,14H2,1-3H3/t17-/m0/s1. The SMILES string of the molecule is Cc1cc(C(=O)[C@H](C)SC2=Nc3ccccc3CS2)c(C)n1-c1ccccc1. The first-order valence-corrected chi connectivity index (χ1v) is 11.2. The number of carbonyl (C=O) groups is 1. The second kappa shape index (κ2) is 8.02. The molecular formula is C23H22N2OS2. The third kappa shape index (κ3) is 3.69. The second-order valence-electron chi connectivity index (χ2n) is 6.88. The van der Waals surface area contributed by atoms with E-state index >= 15 is 0 Å². The molecule has 3 aromatic rings. The molecule has 5 heteroatoms. The van der Waals surface area contributed by atoms with Gasteiger partial charge in [-0.25, -0.2) is 4.99 Å². The van der Waals surface area contributed by atoms with Crippen LogP contribution in [-0.4, -0.2) is 20.0 Å². The van der Waals surface area contributed by atoms with Gasteiger partial charge in [-0.05, 0) is 50.6 Å². The Morgan fingerprint density at radius 3 is 2.61 bits per heavy atom. The summed E-state index contributed by atoms with van der Waals surface area (Å²) in [7, 11) is 0. The van der Waals surface area contributed by atoms with Gasteiger partial charge >= 0.3 is 0 Å². The van der Waals surface area contributed by atoms with E-state index in [4.69, 9.17) is 4.99 Å². The smallest absolute Gasteiger partial charge is 0.177 e. The van der Waals surface area contributed by atoms with Crippen molar-refractivity contribution in [2.75, 3.05) is 0 Å². The number of carbonyl (C=O) groups excluding carboxylic acids is 1. The number of hydrogen-bond donors (Lipinski definition) is 0. The number of thioether (sulfide) groups is 2. The van der Waals surface area contributed by atoms with Crippen molar-refractivity contribution in [1.29, 1.82) is 0 Å². The largest absolute Gasteiger partial charge is 0.318 e. The highest BCUT2D eigenvalue weighted by Crippen LogP contribution is 2.36. The number of ketones is 1. The lowest BCUT2D eigenvalue weighted by Crippen LogP contribution is -2.16. The van der Waals surface area contributed by atoms with Gasteiger partial charge in [-0.15, -0.1) is 0 Å². The molecule has 4 rings (SSSR count). The summed E-state index contributed by atoms with van der Waals surface area (Å²) in [5.74, 6) is 1.06. The molecule has 2 heterocycles. The minimum atomic E-state index is -0.179. The Hall–Kier alpha value is -2.24. The van der Waals surface area contributed by atoms with Gasteiger partial charge in [-0.2, -0.15) is 0 Å². The summed E-state index contributed by atoms with van der Waals surface area (Å²) in [5, 5.41) is -0.179. The molecule has 0 fully saturated rings. The number of rotatable bonds is 4. The van der Waals surface area contributed by atoms with Crippen LogP contribution >= 0.6 is 23.5 Å². The fraction of sp³-hybridized carbons (Fsp3) is 0.217. The van der Waals surface area contributed by atoms with Crippen molar-refractivity contribution in [3.63, 3.8) is 0 Å². The van der Waals surface area contributed by atoms with E-state index in [1.165, 1.54) is 5.56 Å². The van der Waals surface area contributed by atoms with Gasteiger partial charge in [-0.3, -0.25) is 4.79 Å². The number of aliphatic imine (C=N–C) groups is 1. The van der Waals surface area contributed by atoms with Gasteiger partial charge in [0.25, 0.3) is 0 Å². The molecule has 1 aliphatic rings. The molecule has 142 valence electrons. The summed E-state index contributed by atoms with van der Waals surface area (Å²) in [6.07, 6.45) is 0. The van der Waals surface area contributed by atoms with Crippen molar-refractivity contribution < 1.29 is 4.79 Å². The van der Waals surface area contributed by atoms with E-state index in [0.717, 1.165) is 38.5 Å². The predicted octanol–water partition coefficient (Wildman–Crippen LogP) is 6.33. The number of benzene rings is 2. The molecule has 3 nitrogen and oxygen atoms in total. The van der Waals surface area contributed by atoms with Crippen LogP contribution in [0.25, 0.3) is 5.69 Å². The van der Waals surface area contributed by atoms with E-state index < -0.39 is 0 Å². The summed E-state index contributed by atoms with van der Waals surface area (Å²) in [6, 6.07) is 20.4. The van der Waals surface area contributed by atoms with Crippen LogP contribution in [0.15, 0.2) is 65.7 Å². The molecular weight excluding hydrogens is 384 g/mol. The number of aryl methyl sites for hydroxylation is 1. The normalized spacial score (nSPS) is 14.3. The van der Waals surface area contributed by atoms with Gasteiger partial charge in [0.1, 0.15) is 4.38 Å². The minimum absolute atomic E-state index is 0.155. The summed E-state index contributed by atoms with van der Waals surface area (Å²) < 4.78 is 3.12. The van der Waals surface area contributed by atoms with Crippen LogP contribution in [0.5, 0.6) is 0 Å². The molecule has 28 heavy (non-hydrogen) atoms. The monoisotopic (exact) mass is 406 g/mol. The van der Waals surface area contributed by atoms with E-state index in [-0.39, 0.29) is 11.0 Å². The first kappa shape index (κ1) is 19.1. The Morgan fingerprint density at radius 2 is 1.82 bits per heavy atom. The van der Waals surface area contributed by atoms with Gasteiger partial charge in [-0.1, -0.05) is 59.9 Å². The minimum Gasteiger partial charge on any atom is -0.318 e. The van der Waals surface area contributed by atoms with E-state index in [2.05, 4.69) is 22.8 Å². The molecule has 0 saturated carbocycles. The highest BCUT2D eigenvalue weighted by atomic mass is 32.2. The number of hydrogen-bond acceptors (Lipinski definition) is 4. The van der Waals surface area contributed by atoms with Crippen molar-refractivity contribution >= 4 is 39.4 Å². The zero-order valence-corrected chi connectivity index (χ0v) is 17.8. The Balaban J connectivity index is 1.56. The summed E-state index contributed by atoms with van der Waals surface area (Å²) >= 11 is 3.27. The third-order valence-electron chi connectivity index (χ3n) is 4.91. The maximum absolute atomic E-state index is 13.2. The number of nitrogens with zero attached hydrogens (tertiary/aromatic N) is 2. The highest BCUT2D eigenvalue weighted by molar-refractivity contribution is 8.39. The van der Waals surface area contributed by atoms with E-state index in [9.17, 15) is 4.79 Å². The average Bonchev–Trinajstić information content (AvgIpc) is 3.02. The number of Topliss-reactive ketones (excluding diaryl/α,β-unsaturated/α-hetero) is 1. The highest BCUT2D eigenvalue weighted by Gasteiger charge is 2.24. The molecule has 0 aliphatic carbocycles. The van der Waals surface area contributed by atoms with Crippen LogP contribution in [0.2, 0.25) is 0 Å². The molecule has 0 bridgehead atoms. The maximum Gasteiger partial charge on any atom is 0.177 e. The van der Waals surface area contributed by atoms with Gasteiger partial charge in [0.2, 0.25) is 0 Å². The zero-order valence-electron chi connectivity index (χ0n) is 16.2. The summed E-state index contributed by atoms with van der Waals surface area (Å²) in [6.45, 7) is 6.05. The molecule has 0 unspecified atom stereocenters. The Bertz CT molecular complexity index is 1050. The molecule has 1 atom stereocenters. The van der Waals surface area contributed by atoms with Crippen LogP contribution in [0.4, 0.5) is 5.69 Å². The molecule has 1 aromatic heterocycles. The van der Waals surface area contributed by atoms with Crippen molar-refractivity contribution in [2.24, 2.45) is 4.99 Å². The Kier molecular flexibility index (Phi) is 5.47. The van der Waals surface area contributed by atoms with Crippen LogP contribution in [-0.2, 0) is 5.75 Å². The fourth-order valence-electron chi connectivity index (χ4n) is 3.48. The quantitative estimate of drug-likeness (QED) is 0.475. The molecule has 2 aromatic carbocycles.